The second-order valence-electron chi connectivity index (χ2n) is 2.22. The highest BCUT2D eigenvalue weighted by atomic mass is 16.1. The van der Waals surface area contributed by atoms with Gasteiger partial charge in [-0.1, -0.05) is 0 Å². The number of carbonyl (C=O) groups excluding carboxylic acids is 1. The Bertz CT molecular complexity index is 105. The van der Waals surface area contributed by atoms with Crippen molar-refractivity contribution in [1.82, 2.24) is 11.1 Å². The van der Waals surface area contributed by atoms with Crippen molar-refractivity contribution in [3.8, 4) is 0 Å². The summed E-state index contributed by atoms with van der Waals surface area (Å²) in [5, 5.41) is 2.62. The standard InChI is InChI=1S/C6H14N3O/c1-5(2-3-7)9-6(10)4-8/h5,8H,2-4,7H2,1H3,(H,9,10). The zero-order chi connectivity index (χ0) is 7.98. The van der Waals surface area contributed by atoms with Crippen LogP contribution in [-0.2, 0) is 4.79 Å². The van der Waals surface area contributed by atoms with Gasteiger partial charge >= 0.3 is 0 Å². The highest BCUT2D eigenvalue weighted by Gasteiger charge is 2.02. The second-order valence-corrected chi connectivity index (χ2v) is 2.22. The Balaban J connectivity index is 3.37. The summed E-state index contributed by atoms with van der Waals surface area (Å²) in [4.78, 5) is 10.6. The van der Waals surface area contributed by atoms with Gasteiger partial charge in [0.1, 0.15) is 0 Å². The molecule has 0 bridgehead atoms. The van der Waals surface area contributed by atoms with Crippen LogP contribution in [0.15, 0.2) is 0 Å². The molecule has 0 aliphatic rings. The molecule has 1 unspecified atom stereocenters. The molecule has 0 rings (SSSR count). The fourth-order valence-electron chi connectivity index (χ4n) is 0.648. The molecule has 0 aromatic heterocycles. The first kappa shape index (κ1) is 9.39. The van der Waals surface area contributed by atoms with Crippen LogP contribution in [0.1, 0.15) is 13.3 Å². The molecule has 0 aliphatic carbocycles. The maximum absolute atomic E-state index is 10.6. The van der Waals surface area contributed by atoms with Crippen molar-refractivity contribution in [2.45, 2.75) is 19.4 Å². The Morgan fingerprint density at radius 1 is 1.80 bits per heavy atom. The first-order chi connectivity index (χ1) is 4.70. The highest BCUT2D eigenvalue weighted by Crippen LogP contribution is 1.85. The van der Waals surface area contributed by atoms with Crippen LogP contribution >= 0.6 is 0 Å². The normalized spacial score (nSPS) is 12.7. The monoisotopic (exact) mass is 144 g/mol. The van der Waals surface area contributed by atoms with Crippen molar-refractivity contribution in [3.63, 3.8) is 0 Å². The van der Waals surface area contributed by atoms with Gasteiger partial charge in [0.05, 0.1) is 6.54 Å². The Morgan fingerprint density at radius 2 is 2.40 bits per heavy atom. The van der Waals surface area contributed by atoms with Crippen LogP contribution in [0.25, 0.3) is 0 Å². The molecule has 1 radical (unpaired) electrons. The quantitative estimate of drug-likeness (QED) is 0.537. The maximum atomic E-state index is 10.6. The molecule has 4 N–H and O–H groups in total. The summed E-state index contributed by atoms with van der Waals surface area (Å²) in [5.74, 6) is -0.235. The van der Waals surface area contributed by atoms with Crippen molar-refractivity contribution in [2.75, 3.05) is 13.1 Å². The predicted molar refractivity (Wildman–Crippen MR) is 39.2 cm³/mol. The molecule has 0 aromatic carbocycles. The predicted octanol–water partition coefficient (Wildman–Crippen LogP) is -0.877. The molecule has 1 atom stereocenters. The van der Waals surface area contributed by atoms with Crippen LogP contribution in [0.4, 0.5) is 0 Å². The van der Waals surface area contributed by atoms with E-state index in [1.165, 1.54) is 0 Å². The Hall–Kier alpha value is -0.610. The molecule has 4 nitrogen and oxygen atoms in total. The molecular formula is C6H14N3O. The van der Waals surface area contributed by atoms with E-state index in [0.29, 0.717) is 6.54 Å². The first-order valence-electron chi connectivity index (χ1n) is 3.34. The first-order valence-corrected chi connectivity index (χ1v) is 3.34. The number of hydrogen-bond acceptors (Lipinski definition) is 2. The average Bonchev–Trinajstić information content (AvgIpc) is 1.88. The fourth-order valence-corrected chi connectivity index (χ4v) is 0.648. The zero-order valence-electron chi connectivity index (χ0n) is 6.18. The minimum absolute atomic E-state index is 0.0999. The molecule has 1 amide bonds. The van der Waals surface area contributed by atoms with Crippen molar-refractivity contribution in [3.05, 3.63) is 0 Å². The minimum atomic E-state index is -0.235. The summed E-state index contributed by atoms with van der Waals surface area (Å²) < 4.78 is 0. The molecule has 59 valence electrons. The number of nitrogens with two attached hydrogens (primary N) is 1. The van der Waals surface area contributed by atoms with Gasteiger partial charge in [-0.05, 0) is 19.9 Å². The van der Waals surface area contributed by atoms with Crippen LogP contribution in [-0.4, -0.2) is 25.0 Å². The van der Waals surface area contributed by atoms with Gasteiger partial charge < -0.3 is 11.1 Å². The van der Waals surface area contributed by atoms with Gasteiger partial charge in [0.15, 0.2) is 0 Å². The van der Waals surface area contributed by atoms with E-state index in [0.717, 1.165) is 6.42 Å². The van der Waals surface area contributed by atoms with E-state index >= 15 is 0 Å². The lowest BCUT2D eigenvalue weighted by Crippen LogP contribution is -2.36. The van der Waals surface area contributed by atoms with Crippen molar-refractivity contribution in [2.24, 2.45) is 5.73 Å². The van der Waals surface area contributed by atoms with Crippen LogP contribution in [0.5, 0.6) is 0 Å². The third-order valence-corrected chi connectivity index (χ3v) is 1.17. The average molecular weight is 144 g/mol. The Labute approximate surface area is 61.0 Å². The van der Waals surface area contributed by atoms with Gasteiger partial charge in [0.25, 0.3) is 0 Å². The minimum Gasteiger partial charge on any atom is -0.352 e. The van der Waals surface area contributed by atoms with Crippen LogP contribution < -0.4 is 16.8 Å². The number of carbonyl (C=O) groups is 1. The molecule has 0 aromatic rings. The summed E-state index contributed by atoms with van der Waals surface area (Å²) in [5.41, 5.74) is 11.9. The van der Waals surface area contributed by atoms with Crippen LogP contribution in [0.2, 0.25) is 0 Å². The fraction of sp³-hybridized carbons (Fsp3) is 0.833. The number of nitrogens with one attached hydrogen (secondary N) is 2. The topological polar surface area (TPSA) is 78.9 Å². The SMILES string of the molecule is CC(CCN)NC(=O)C[NH]. The lowest BCUT2D eigenvalue weighted by atomic mass is 10.2. The third-order valence-electron chi connectivity index (χ3n) is 1.17. The van der Waals surface area contributed by atoms with Crippen LogP contribution in [0, 0.1) is 0 Å². The van der Waals surface area contributed by atoms with Crippen LogP contribution in [0.3, 0.4) is 0 Å². The number of hydrogen-bond donors (Lipinski definition) is 2. The molecule has 0 fully saturated rings. The molecule has 0 spiro atoms. The molecule has 10 heavy (non-hydrogen) atoms. The summed E-state index contributed by atoms with van der Waals surface area (Å²) >= 11 is 0. The summed E-state index contributed by atoms with van der Waals surface area (Å²) in [6.45, 7) is 2.24. The maximum Gasteiger partial charge on any atom is 0.235 e. The molecule has 0 aliphatic heterocycles. The number of rotatable bonds is 4. The van der Waals surface area contributed by atoms with E-state index < -0.39 is 0 Å². The summed E-state index contributed by atoms with van der Waals surface area (Å²) in [7, 11) is 0. The van der Waals surface area contributed by atoms with Gasteiger partial charge in [0, 0.05) is 6.04 Å². The van der Waals surface area contributed by atoms with Gasteiger partial charge in [-0.25, -0.2) is 5.73 Å². The van der Waals surface area contributed by atoms with Gasteiger partial charge in [-0.2, -0.15) is 0 Å². The van der Waals surface area contributed by atoms with E-state index in [1.807, 2.05) is 6.92 Å². The molecule has 0 saturated carbocycles. The van der Waals surface area contributed by atoms with E-state index in [-0.39, 0.29) is 18.5 Å². The Kier molecular flexibility index (Phi) is 4.88. The van der Waals surface area contributed by atoms with Crippen molar-refractivity contribution in [1.29, 1.82) is 0 Å². The third kappa shape index (κ3) is 4.29. The van der Waals surface area contributed by atoms with Crippen molar-refractivity contribution < 1.29 is 4.79 Å². The smallest absolute Gasteiger partial charge is 0.235 e. The van der Waals surface area contributed by atoms with Gasteiger partial charge in [-0.15, -0.1) is 0 Å². The van der Waals surface area contributed by atoms with Gasteiger partial charge in [-0.3, -0.25) is 4.79 Å². The lowest BCUT2D eigenvalue weighted by Gasteiger charge is -2.10. The van der Waals surface area contributed by atoms with Gasteiger partial charge in [0.2, 0.25) is 5.91 Å². The van der Waals surface area contributed by atoms with E-state index in [9.17, 15) is 4.79 Å². The van der Waals surface area contributed by atoms with E-state index in [4.69, 9.17) is 11.5 Å². The number of amides is 1. The lowest BCUT2D eigenvalue weighted by molar-refractivity contribution is -0.120. The summed E-state index contributed by atoms with van der Waals surface area (Å²) in [6, 6.07) is 0.0999. The molecular weight excluding hydrogens is 130 g/mol. The largest absolute Gasteiger partial charge is 0.352 e. The van der Waals surface area contributed by atoms with E-state index in [2.05, 4.69) is 5.32 Å². The molecule has 0 heterocycles. The molecule has 4 heteroatoms. The second kappa shape index (κ2) is 5.20. The Morgan fingerprint density at radius 3 is 2.80 bits per heavy atom. The zero-order valence-corrected chi connectivity index (χ0v) is 6.18. The highest BCUT2D eigenvalue weighted by molar-refractivity contribution is 5.77. The van der Waals surface area contributed by atoms with Crippen molar-refractivity contribution >= 4 is 5.91 Å². The van der Waals surface area contributed by atoms with E-state index in [1.54, 1.807) is 0 Å². The summed E-state index contributed by atoms with van der Waals surface area (Å²) in [6.07, 6.45) is 0.770. The molecule has 0 saturated heterocycles.